The van der Waals surface area contributed by atoms with Crippen molar-refractivity contribution in [3.63, 3.8) is 0 Å². The first-order valence-electron chi connectivity index (χ1n) is 12.0. The second-order valence-corrected chi connectivity index (χ2v) is 9.64. The Balaban J connectivity index is 1.67. The summed E-state index contributed by atoms with van der Waals surface area (Å²) in [6.07, 6.45) is 2.41. The molecule has 1 atom stereocenters. The summed E-state index contributed by atoms with van der Waals surface area (Å²) in [7, 11) is 0. The fraction of sp³-hybridized carbons (Fsp3) is 0.393. The molecular weight excluding hydrogens is 460 g/mol. The largest absolute Gasteiger partial charge is 0.454 e. The summed E-state index contributed by atoms with van der Waals surface area (Å²) in [5.74, 6) is 6.42. The number of aryl methyl sites for hydroxylation is 1. The maximum Gasteiger partial charge on any atom is 0.366 e. The third-order valence-electron chi connectivity index (χ3n) is 6.30. The second-order valence-electron chi connectivity index (χ2n) is 9.64. The lowest BCUT2D eigenvalue weighted by atomic mass is 9.74. The van der Waals surface area contributed by atoms with Gasteiger partial charge in [0.25, 0.3) is 5.91 Å². The van der Waals surface area contributed by atoms with Crippen molar-refractivity contribution in [1.82, 2.24) is 5.16 Å². The summed E-state index contributed by atoms with van der Waals surface area (Å²) in [6.45, 7) is 7.75. The van der Waals surface area contributed by atoms with Crippen molar-refractivity contribution in [2.75, 3.05) is 12.1 Å². The number of fused-ring (bicyclic) bond motifs is 2. The van der Waals surface area contributed by atoms with Crippen LogP contribution in [-0.4, -0.2) is 28.6 Å². The number of nitrogens with one attached hydrogen (secondary N) is 1. The van der Waals surface area contributed by atoms with Gasteiger partial charge in [-0.25, -0.2) is 4.79 Å². The van der Waals surface area contributed by atoms with Crippen molar-refractivity contribution in [1.29, 1.82) is 0 Å². The summed E-state index contributed by atoms with van der Waals surface area (Å²) in [5.41, 5.74) is -1.50. The van der Waals surface area contributed by atoms with Crippen LogP contribution in [0.3, 0.4) is 0 Å². The molecule has 8 nitrogen and oxygen atoms in total. The SMILES string of the molecule is CCCCC#CC(O)(CC(C)(C)c1cccc2c1OCO2)C(=O)Nc1ccc2c(=O)onc(C)c2c1. The first-order chi connectivity index (χ1) is 17.1. The van der Waals surface area contributed by atoms with Crippen LogP contribution < -0.4 is 20.4 Å². The van der Waals surface area contributed by atoms with Crippen LogP contribution >= 0.6 is 0 Å². The van der Waals surface area contributed by atoms with Gasteiger partial charge in [0.05, 0.1) is 11.1 Å². The van der Waals surface area contributed by atoms with Crippen LogP contribution in [0.25, 0.3) is 10.8 Å². The zero-order valence-corrected chi connectivity index (χ0v) is 20.9. The van der Waals surface area contributed by atoms with E-state index in [0.717, 1.165) is 18.4 Å². The zero-order chi connectivity index (χ0) is 25.9. The number of nitrogens with zero attached hydrogens (tertiary/aromatic N) is 1. The Bertz CT molecular complexity index is 1420. The predicted molar refractivity (Wildman–Crippen MR) is 136 cm³/mol. The van der Waals surface area contributed by atoms with Crippen LogP contribution in [0, 0.1) is 18.8 Å². The Kier molecular flexibility index (Phi) is 7.04. The normalized spacial score (nSPS) is 14.1. The van der Waals surface area contributed by atoms with E-state index in [1.807, 2.05) is 32.0 Å². The van der Waals surface area contributed by atoms with E-state index in [9.17, 15) is 14.7 Å². The molecule has 36 heavy (non-hydrogen) atoms. The van der Waals surface area contributed by atoms with E-state index < -0.39 is 22.5 Å². The number of carbonyl (C=O) groups excluding carboxylic acids is 1. The number of para-hydroxylation sites is 1. The van der Waals surface area contributed by atoms with E-state index in [2.05, 4.69) is 29.2 Å². The second kappa shape index (κ2) is 10.0. The predicted octanol–water partition coefficient (Wildman–Crippen LogP) is 4.46. The van der Waals surface area contributed by atoms with Gasteiger partial charge in [0.15, 0.2) is 11.5 Å². The lowest BCUT2D eigenvalue weighted by Gasteiger charge is -2.33. The van der Waals surface area contributed by atoms with Gasteiger partial charge in [-0.1, -0.05) is 56.3 Å². The number of hydrogen-bond donors (Lipinski definition) is 2. The maximum atomic E-state index is 13.5. The number of amides is 1. The number of benzene rings is 2. The fourth-order valence-corrected chi connectivity index (χ4v) is 4.40. The summed E-state index contributed by atoms with van der Waals surface area (Å²) in [4.78, 5) is 25.5. The molecule has 8 heteroatoms. The molecule has 2 N–H and O–H groups in total. The molecule has 4 rings (SSSR count). The van der Waals surface area contributed by atoms with Gasteiger partial charge in [-0.3, -0.25) is 4.79 Å². The molecule has 188 valence electrons. The highest BCUT2D eigenvalue weighted by Gasteiger charge is 2.42. The molecule has 0 saturated carbocycles. The molecule has 1 aromatic heterocycles. The van der Waals surface area contributed by atoms with Crippen LogP contribution in [0.4, 0.5) is 5.69 Å². The number of hydrogen-bond acceptors (Lipinski definition) is 7. The van der Waals surface area contributed by atoms with E-state index in [-0.39, 0.29) is 13.2 Å². The topological polar surface area (TPSA) is 111 Å². The molecule has 0 saturated heterocycles. The van der Waals surface area contributed by atoms with E-state index in [1.165, 1.54) is 0 Å². The van der Waals surface area contributed by atoms with Gasteiger partial charge in [0, 0.05) is 29.5 Å². The molecule has 0 aliphatic carbocycles. The molecule has 1 aliphatic rings. The number of anilines is 1. The number of ether oxygens (including phenoxy) is 2. The summed E-state index contributed by atoms with van der Waals surface area (Å²) in [6, 6.07) is 10.4. The van der Waals surface area contributed by atoms with E-state index >= 15 is 0 Å². The highest BCUT2D eigenvalue weighted by Crippen LogP contribution is 2.44. The lowest BCUT2D eigenvalue weighted by molar-refractivity contribution is -0.130. The van der Waals surface area contributed by atoms with Crippen molar-refractivity contribution in [2.24, 2.45) is 0 Å². The number of rotatable bonds is 7. The molecule has 1 aliphatic heterocycles. The average Bonchev–Trinajstić information content (AvgIpc) is 3.33. The Labute approximate surface area is 209 Å². The third-order valence-corrected chi connectivity index (χ3v) is 6.30. The molecule has 3 aromatic rings. The number of aliphatic hydroxyl groups is 1. The smallest absolute Gasteiger partial charge is 0.366 e. The monoisotopic (exact) mass is 490 g/mol. The van der Waals surface area contributed by atoms with Gasteiger partial charge in [-0.15, -0.1) is 0 Å². The number of carbonyl (C=O) groups is 1. The van der Waals surface area contributed by atoms with Crippen molar-refractivity contribution in [3.05, 3.63) is 58.1 Å². The zero-order valence-electron chi connectivity index (χ0n) is 20.9. The minimum atomic E-state index is -1.99. The van der Waals surface area contributed by atoms with Crippen molar-refractivity contribution < 1.29 is 23.9 Å². The molecule has 2 aromatic carbocycles. The molecule has 0 fully saturated rings. The Morgan fingerprint density at radius 1 is 1.19 bits per heavy atom. The highest BCUT2D eigenvalue weighted by molar-refractivity contribution is 6.01. The van der Waals surface area contributed by atoms with Crippen LogP contribution in [0.2, 0.25) is 0 Å². The van der Waals surface area contributed by atoms with Gasteiger partial charge < -0.3 is 24.4 Å². The van der Waals surface area contributed by atoms with Crippen molar-refractivity contribution >= 4 is 22.4 Å². The molecule has 2 heterocycles. The van der Waals surface area contributed by atoms with Crippen molar-refractivity contribution in [2.45, 2.75) is 64.4 Å². The van der Waals surface area contributed by atoms with Gasteiger partial charge in [0.1, 0.15) is 0 Å². The van der Waals surface area contributed by atoms with Crippen LogP contribution in [-0.2, 0) is 10.2 Å². The number of unbranched alkanes of at least 4 members (excludes halogenated alkanes) is 2. The van der Waals surface area contributed by atoms with Gasteiger partial charge in [-0.05, 0) is 43.0 Å². The molecule has 0 spiro atoms. The Morgan fingerprint density at radius 3 is 2.78 bits per heavy atom. The quantitative estimate of drug-likeness (QED) is 0.372. The minimum Gasteiger partial charge on any atom is -0.454 e. The van der Waals surface area contributed by atoms with Crippen LogP contribution in [0.5, 0.6) is 11.5 Å². The summed E-state index contributed by atoms with van der Waals surface area (Å²) in [5, 5.41) is 19.1. The molecule has 0 radical (unpaired) electrons. The van der Waals surface area contributed by atoms with E-state index in [0.29, 0.717) is 40.1 Å². The summed E-state index contributed by atoms with van der Waals surface area (Å²) < 4.78 is 16.0. The maximum absolute atomic E-state index is 13.5. The Hall–Kier alpha value is -3.83. The lowest BCUT2D eigenvalue weighted by Crippen LogP contribution is -2.46. The molecule has 0 bridgehead atoms. The first-order valence-corrected chi connectivity index (χ1v) is 12.0. The molecule has 1 amide bonds. The fourth-order valence-electron chi connectivity index (χ4n) is 4.40. The average molecular weight is 491 g/mol. The highest BCUT2D eigenvalue weighted by atomic mass is 16.7. The molecule has 1 unspecified atom stereocenters. The summed E-state index contributed by atoms with van der Waals surface area (Å²) >= 11 is 0. The Morgan fingerprint density at radius 2 is 2.00 bits per heavy atom. The van der Waals surface area contributed by atoms with Crippen LogP contribution in [0.1, 0.15) is 57.7 Å². The first kappa shape index (κ1) is 25.3. The van der Waals surface area contributed by atoms with E-state index in [4.69, 9.17) is 14.0 Å². The third kappa shape index (κ3) is 5.07. The molecular formula is C28H30N2O6. The van der Waals surface area contributed by atoms with Gasteiger partial charge >= 0.3 is 5.63 Å². The van der Waals surface area contributed by atoms with Gasteiger partial charge in [-0.2, -0.15) is 0 Å². The number of aromatic nitrogens is 1. The van der Waals surface area contributed by atoms with Crippen molar-refractivity contribution in [3.8, 4) is 23.3 Å². The van der Waals surface area contributed by atoms with Gasteiger partial charge in [0.2, 0.25) is 12.4 Å². The minimum absolute atomic E-state index is 0.0164. The van der Waals surface area contributed by atoms with Crippen LogP contribution in [0.15, 0.2) is 45.7 Å². The van der Waals surface area contributed by atoms with E-state index in [1.54, 1.807) is 25.1 Å². The standard InChI is InChI=1S/C28H30N2O6/c1-5-6-7-8-14-28(33,16-27(3,4)22-10-9-11-23-24(22)35-17-34-23)26(32)29-19-12-13-20-21(15-19)18(2)30-36-25(20)31/h9-13,15,33H,5-7,16-17H2,1-4H3,(H,29,32).